The molecule has 1 saturated heterocycles. The van der Waals surface area contributed by atoms with Crippen LogP contribution in [-0.4, -0.2) is 43.5 Å². The Morgan fingerprint density at radius 3 is 2.46 bits per heavy atom. The van der Waals surface area contributed by atoms with Crippen LogP contribution in [0.3, 0.4) is 0 Å². The van der Waals surface area contributed by atoms with Crippen LogP contribution in [0.5, 0.6) is 5.88 Å². The van der Waals surface area contributed by atoms with E-state index in [1.54, 1.807) is 0 Å². The lowest BCUT2D eigenvalue weighted by atomic mass is 9.91. The van der Waals surface area contributed by atoms with Crippen molar-refractivity contribution < 1.29 is 18.7 Å². The number of hydrogen-bond acceptors (Lipinski definition) is 5. The summed E-state index contributed by atoms with van der Waals surface area (Å²) >= 11 is 0. The molecule has 1 saturated carbocycles. The van der Waals surface area contributed by atoms with E-state index < -0.39 is 11.6 Å². The molecule has 2 aliphatic rings. The van der Waals surface area contributed by atoms with E-state index in [1.807, 2.05) is 29.2 Å². The Bertz CT molecular complexity index is 1410. The van der Waals surface area contributed by atoms with Crippen LogP contribution >= 0.6 is 0 Å². The Labute approximate surface area is 199 Å². The van der Waals surface area contributed by atoms with Crippen molar-refractivity contribution in [3.05, 3.63) is 65.9 Å². The van der Waals surface area contributed by atoms with Gasteiger partial charge in [-0.1, -0.05) is 18.2 Å². The van der Waals surface area contributed by atoms with E-state index in [0.717, 1.165) is 43.5 Å². The molecular weight excluding hydrogens is 452 g/mol. The topological polar surface area (TPSA) is 94.1 Å². The summed E-state index contributed by atoms with van der Waals surface area (Å²) in [4.78, 5) is 26.2. The monoisotopic (exact) mass is 475 g/mol. The maximum atomic E-state index is 14.4. The molecule has 9 heteroatoms. The number of hydrogen-bond donors (Lipinski definition) is 3. The fraction of sp³-hybridized carbons (Fsp3) is 0.269. The molecule has 4 aromatic rings. The zero-order valence-corrected chi connectivity index (χ0v) is 18.8. The van der Waals surface area contributed by atoms with Gasteiger partial charge in [-0.05, 0) is 55.5 Å². The molecule has 6 rings (SSSR count). The first-order chi connectivity index (χ1) is 17.0. The maximum Gasteiger partial charge on any atom is 0.230 e. The van der Waals surface area contributed by atoms with E-state index in [9.17, 15) is 18.7 Å². The van der Waals surface area contributed by atoms with Crippen molar-refractivity contribution >= 4 is 28.3 Å². The summed E-state index contributed by atoms with van der Waals surface area (Å²) in [5.74, 6) is -1.60. The molecule has 1 aliphatic carbocycles. The number of rotatable bonds is 5. The van der Waals surface area contributed by atoms with Gasteiger partial charge in [-0.15, -0.1) is 0 Å². The van der Waals surface area contributed by atoms with Gasteiger partial charge in [0.05, 0.1) is 17.0 Å². The number of aromatic amines is 1. The van der Waals surface area contributed by atoms with E-state index in [1.165, 1.54) is 18.7 Å². The van der Waals surface area contributed by atoms with E-state index in [0.29, 0.717) is 22.6 Å². The summed E-state index contributed by atoms with van der Waals surface area (Å²) < 4.78 is 28.8. The Morgan fingerprint density at radius 1 is 1.03 bits per heavy atom. The highest BCUT2D eigenvalue weighted by atomic mass is 19.1. The number of carbonyl (C=O) groups excluding carboxylic acids is 1. The van der Waals surface area contributed by atoms with E-state index >= 15 is 0 Å². The van der Waals surface area contributed by atoms with Crippen LogP contribution in [0.15, 0.2) is 48.7 Å². The largest absolute Gasteiger partial charge is 0.494 e. The highest BCUT2D eigenvalue weighted by Crippen LogP contribution is 2.37. The molecule has 2 fully saturated rings. The average Bonchev–Trinajstić information content (AvgIpc) is 3.36. The number of benzene rings is 2. The number of halogens is 2. The molecule has 1 aliphatic heterocycles. The number of aromatic nitrogens is 3. The van der Waals surface area contributed by atoms with Crippen molar-refractivity contribution in [3.63, 3.8) is 0 Å². The average molecular weight is 475 g/mol. The minimum Gasteiger partial charge on any atom is -0.494 e. The minimum atomic E-state index is -0.781. The summed E-state index contributed by atoms with van der Waals surface area (Å²) in [7, 11) is 0. The Balaban J connectivity index is 1.30. The van der Waals surface area contributed by atoms with Gasteiger partial charge in [0.1, 0.15) is 22.8 Å². The van der Waals surface area contributed by atoms with Gasteiger partial charge in [-0.2, -0.15) is 0 Å². The number of likely N-dealkylation sites (tertiary alicyclic amines) is 1. The van der Waals surface area contributed by atoms with Crippen LogP contribution in [0.25, 0.3) is 22.3 Å². The first kappa shape index (κ1) is 21.5. The number of nitrogens with one attached hydrogen (secondary N) is 2. The number of fused-ring (bicyclic) bond motifs is 1. The fourth-order valence-electron chi connectivity index (χ4n) is 4.95. The van der Waals surface area contributed by atoms with E-state index in [-0.39, 0.29) is 34.9 Å². The molecular formula is C26H23F2N5O2. The Kier molecular flexibility index (Phi) is 5.12. The van der Waals surface area contributed by atoms with Crippen LogP contribution < -0.4 is 5.32 Å². The second-order valence-corrected chi connectivity index (χ2v) is 9.09. The zero-order chi connectivity index (χ0) is 24.1. The van der Waals surface area contributed by atoms with Crippen LogP contribution in [0.4, 0.5) is 20.3 Å². The number of H-pyrrole nitrogens is 1. The summed E-state index contributed by atoms with van der Waals surface area (Å²) in [5, 5.41) is 13.7. The zero-order valence-electron chi connectivity index (χ0n) is 18.8. The quantitative estimate of drug-likeness (QED) is 0.368. The standard InChI is InChI=1S/C26H23F2N5O2/c27-18-5-2-6-19(28)21(18)23-31-20-13-29-25(34)22(20)24(32-23)30-15-9-7-14(8-10-15)17-11-12-33(26(17)35)16-3-1-4-16/h2,5-10,13,16-17,29,34H,1,3-4,11-12H2,(H,30,31,32). The molecule has 0 radical (unpaired) electrons. The van der Waals surface area contributed by atoms with Crippen LogP contribution in [0.2, 0.25) is 0 Å². The summed E-state index contributed by atoms with van der Waals surface area (Å²) in [5.41, 5.74) is 1.57. The predicted molar refractivity (Wildman–Crippen MR) is 127 cm³/mol. The smallest absolute Gasteiger partial charge is 0.230 e. The number of aromatic hydroxyl groups is 1. The first-order valence-electron chi connectivity index (χ1n) is 11.7. The normalized spacial score (nSPS) is 18.3. The highest BCUT2D eigenvalue weighted by molar-refractivity contribution is 5.96. The molecule has 1 unspecified atom stereocenters. The Hall–Kier alpha value is -4.01. The first-order valence-corrected chi connectivity index (χ1v) is 11.7. The van der Waals surface area contributed by atoms with Crippen LogP contribution in [0.1, 0.15) is 37.2 Å². The third-order valence-electron chi connectivity index (χ3n) is 7.04. The number of amides is 1. The van der Waals surface area contributed by atoms with Crippen molar-refractivity contribution in [2.75, 3.05) is 11.9 Å². The van der Waals surface area contributed by atoms with Crippen molar-refractivity contribution in [1.82, 2.24) is 19.9 Å². The molecule has 2 aromatic carbocycles. The van der Waals surface area contributed by atoms with Gasteiger partial charge < -0.3 is 20.3 Å². The summed E-state index contributed by atoms with van der Waals surface area (Å²) in [6.45, 7) is 0.801. The van der Waals surface area contributed by atoms with Gasteiger partial charge in [0.25, 0.3) is 0 Å². The number of carbonyl (C=O) groups is 1. The molecule has 1 amide bonds. The summed E-state index contributed by atoms with van der Waals surface area (Å²) in [6, 6.07) is 11.4. The lowest BCUT2D eigenvalue weighted by molar-refractivity contribution is -0.132. The van der Waals surface area contributed by atoms with Crippen molar-refractivity contribution in [2.45, 2.75) is 37.6 Å². The molecule has 178 valence electrons. The Morgan fingerprint density at radius 2 is 1.77 bits per heavy atom. The maximum absolute atomic E-state index is 14.4. The molecule has 2 aromatic heterocycles. The molecule has 7 nitrogen and oxygen atoms in total. The minimum absolute atomic E-state index is 0.139. The summed E-state index contributed by atoms with van der Waals surface area (Å²) in [6.07, 6.45) is 5.64. The molecule has 1 atom stereocenters. The molecule has 3 heterocycles. The fourth-order valence-corrected chi connectivity index (χ4v) is 4.95. The van der Waals surface area contributed by atoms with Gasteiger partial charge in [0.2, 0.25) is 11.8 Å². The third-order valence-corrected chi connectivity index (χ3v) is 7.04. The van der Waals surface area contributed by atoms with Crippen molar-refractivity contribution in [3.8, 4) is 17.3 Å². The predicted octanol–water partition coefficient (Wildman–Crippen LogP) is 5.22. The number of nitrogens with zero attached hydrogens (tertiary/aromatic N) is 3. The van der Waals surface area contributed by atoms with Gasteiger partial charge in [0.15, 0.2) is 5.82 Å². The highest BCUT2D eigenvalue weighted by Gasteiger charge is 2.38. The van der Waals surface area contributed by atoms with Crippen molar-refractivity contribution in [1.29, 1.82) is 0 Å². The van der Waals surface area contributed by atoms with E-state index in [2.05, 4.69) is 20.3 Å². The third kappa shape index (κ3) is 3.67. The lowest BCUT2D eigenvalue weighted by Crippen LogP contribution is -2.41. The molecule has 0 bridgehead atoms. The van der Waals surface area contributed by atoms with Crippen LogP contribution in [0, 0.1) is 11.6 Å². The molecule has 0 spiro atoms. The second-order valence-electron chi connectivity index (χ2n) is 9.09. The second kappa shape index (κ2) is 8.33. The van der Waals surface area contributed by atoms with Gasteiger partial charge >= 0.3 is 0 Å². The van der Waals surface area contributed by atoms with Gasteiger partial charge in [-0.25, -0.2) is 18.7 Å². The molecule has 35 heavy (non-hydrogen) atoms. The van der Waals surface area contributed by atoms with Gasteiger partial charge in [0, 0.05) is 24.5 Å². The van der Waals surface area contributed by atoms with Crippen molar-refractivity contribution in [2.24, 2.45) is 0 Å². The van der Waals surface area contributed by atoms with Gasteiger partial charge in [-0.3, -0.25) is 4.79 Å². The lowest BCUT2D eigenvalue weighted by Gasteiger charge is -2.34. The molecule has 3 N–H and O–H groups in total. The van der Waals surface area contributed by atoms with Crippen LogP contribution in [-0.2, 0) is 4.79 Å². The SMILES string of the molecule is O=C1C(c2ccc(Nc3nc(-c4c(F)cccc4F)nc4c[nH]c(O)c34)cc2)CCN1C1CCC1. The number of anilines is 2. The van der Waals surface area contributed by atoms with E-state index in [4.69, 9.17) is 0 Å².